The number of carbonyl (C=O) groups is 1. The van der Waals surface area contributed by atoms with Crippen molar-refractivity contribution in [2.24, 2.45) is 10.9 Å². The summed E-state index contributed by atoms with van der Waals surface area (Å²) < 4.78 is 5.58. The molecule has 1 amide bonds. The zero-order chi connectivity index (χ0) is 18.8. The van der Waals surface area contributed by atoms with Crippen LogP contribution < -0.4 is 20.7 Å². The van der Waals surface area contributed by atoms with Crippen LogP contribution in [0, 0.1) is 5.92 Å². The quantitative estimate of drug-likeness (QED) is 0.205. The highest BCUT2D eigenvalue weighted by Gasteiger charge is 2.09. The number of hydrogen-bond donors (Lipinski definition) is 3. The van der Waals surface area contributed by atoms with Crippen LogP contribution in [-0.4, -0.2) is 45.2 Å². The predicted octanol–water partition coefficient (Wildman–Crippen LogP) is 3.58. The van der Waals surface area contributed by atoms with Crippen molar-refractivity contribution in [1.29, 1.82) is 0 Å². The van der Waals surface area contributed by atoms with Crippen LogP contribution in [0.2, 0.25) is 15.1 Å². The Morgan fingerprint density at radius 2 is 1.62 bits per heavy atom. The largest absolute Gasteiger partial charge is 0.489 e. The third-order valence-corrected chi connectivity index (χ3v) is 3.85. The molecule has 1 rings (SSSR count). The van der Waals surface area contributed by atoms with Gasteiger partial charge in [-0.15, -0.1) is 24.0 Å². The van der Waals surface area contributed by atoms with E-state index in [4.69, 9.17) is 39.5 Å². The predicted molar refractivity (Wildman–Crippen MR) is 120 cm³/mol. The molecule has 0 radical (unpaired) electrons. The number of benzene rings is 1. The molecule has 0 spiro atoms. The van der Waals surface area contributed by atoms with Gasteiger partial charge in [0.05, 0.1) is 16.6 Å². The Bertz CT molecular complexity index is 592. The van der Waals surface area contributed by atoms with Gasteiger partial charge in [-0.3, -0.25) is 9.79 Å². The molecule has 1 aromatic rings. The Kier molecular flexibility index (Phi) is 13.2. The molecule has 6 nitrogen and oxygen atoms in total. The Labute approximate surface area is 186 Å². The first kappa shape index (κ1) is 25.4. The van der Waals surface area contributed by atoms with Crippen LogP contribution in [0.1, 0.15) is 13.8 Å². The van der Waals surface area contributed by atoms with Crippen molar-refractivity contribution in [2.75, 3.05) is 33.3 Å². The lowest BCUT2D eigenvalue weighted by Crippen LogP contribution is -2.43. The van der Waals surface area contributed by atoms with Crippen molar-refractivity contribution in [3.63, 3.8) is 0 Å². The summed E-state index contributed by atoms with van der Waals surface area (Å²) >= 11 is 18.0. The van der Waals surface area contributed by atoms with Gasteiger partial charge in [0, 0.05) is 31.1 Å². The minimum absolute atomic E-state index is 0. The molecule has 10 heteroatoms. The van der Waals surface area contributed by atoms with E-state index in [1.165, 1.54) is 0 Å². The minimum atomic E-state index is -0.0268. The second-order valence-electron chi connectivity index (χ2n) is 5.42. The number of aliphatic imine (C=N–C) groups is 1. The first-order chi connectivity index (χ1) is 11.8. The van der Waals surface area contributed by atoms with Crippen LogP contribution in [0.5, 0.6) is 5.75 Å². The summed E-state index contributed by atoms with van der Waals surface area (Å²) in [4.78, 5) is 15.5. The fraction of sp³-hybridized carbons (Fsp3) is 0.500. The summed E-state index contributed by atoms with van der Waals surface area (Å²) in [6.07, 6.45) is 0. The second kappa shape index (κ2) is 13.5. The maximum atomic E-state index is 11.4. The average molecular weight is 538 g/mol. The Hall–Kier alpha value is -0.640. The first-order valence-corrected chi connectivity index (χ1v) is 8.98. The number of hydrogen-bond acceptors (Lipinski definition) is 3. The van der Waals surface area contributed by atoms with Crippen molar-refractivity contribution in [2.45, 2.75) is 13.8 Å². The van der Waals surface area contributed by atoms with E-state index in [9.17, 15) is 4.79 Å². The molecule has 0 saturated heterocycles. The topological polar surface area (TPSA) is 74.8 Å². The van der Waals surface area contributed by atoms with E-state index in [-0.39, 0.29) is 35.8 Å². The van der Waals surface area contributed by atoms with Crippen LogP contribution in [0.15, 0.2) is 17.1 Å². The van der Waals surface area contributed by atoms with Gasteiger partial charge in [-0.25, -0.2) is 0 Å². The first-order valence-electron chi connectivity index (χ1n) is 7.84. The van der Waals surface area contributed by atoms with Gasteiger partial charge in [-0.05, 0) is 12.1 Å². The molecule has 0 heterocycles. The summed E-state index contributed by atoms with van der Waals surface area (Å²) in [6.45, 7) is 5.61. The van der Waals surface area contributed by atoms with E-state index in [0.717, 1.165) is 0 Å². The van der Waals surface area contributed by atoms with E-state index >= 15 is 0 Å². The van der Waals surface area contributed by atoms with Gasteiger partial charge in [0.25, 0.3) is 0 Å². The molecule has 0 aromatic heterocycles. The third kappa shape index (κ3) is 9.34. The van der Waals surface area contributed by atoms with E-state index in [1.807, 2.05) is 13.8 Å². The molecule has 0 saturated carbocycles. The molecule has 1 aromatic carbocycles. The molecule has 0 atom stereocenters. The lowest BCUT2D eigenvalue weighted by Gasteiger charge is -2.14. The van der Waals surface area contributed by atoms with Crippen LogP contribution in [-0.2, 0) is 4.79 Å². The number of ether oxygens (including phenoxy) is 1. The summed E-state index contributed by atoms with van der Waals surface area (Å²) in [5.74, 6) is 1.00. The molecule has 0 fully saturated rings. The molecule has 0 unspecified atom stereocenters. The minimum Gasteiger partial charge on any atom is -0.489 e. The number of amides is 1. The summed E-state index contributed by atoms with van der Waals surface area (Å²) in [6, 6.07) is 3.15. The standard InChI is InChI=1S/C16H23Cl3N4O2.HI/c1-10(2)15(24)21-4-5-22-16(20-3)23-6-7-25-14-12(18)8-11(17)9-13(14)19;/h8-10H,4-7H2,1-3H3,(H,21,24)(H2,20,22,23);1H. The monoisotopic (exact) mass is 536 g/mol. The Balaban J connectivity index is 0.00000625. The molecule has 0 aliphatic carbocycles. The molecular formula is C16H24Cl3IN4O2. The lowest BCUT2D eigenvalue weighted by molar-refractivity contribution is -0.123. The van der Waals surface area contributed by atoms with Crippen molar-refractivity contribution in [3.05, 3.63) is 27.2 Å². The van der Waals surface area contributed by atoms with E-state index < -0.39 is 0 Å². The maximum Gasteiger partial charge on any atom is 0.222 e. The van der Waals surface area contributed by atoms with Gasteiger partial charge in [0.1, 0.15) is 6.61 Å². The maximum absolute atomic E-state index is 11.4. The van der Waals surface area contributed by atoms with Gasteiger partial charge in [0.2, 0.25) is 5.91 Å². The normalized spacial score (nSPS) is 11.0. The number of rotatable bonds is 8. The summed E-state index contributed by atoms with van der Waals surface area (Å²) in [7, 11) is 1.66. The zero-order valence-electron chi connectivity index (χ0n) is 14.9. The van der Waals surface area contributed by atoms with Gasteiger partial charge < -0.3 is 20.7 Å². The van der Waals surface area contributed by atoms with E-state index in [1.54, 1.807) is 19.2 Å². The van der Waals surface area contributed by atoms with E-state index in [0.29, 0.717) is 53.0 Å². The summed E-state index contributed by atoms with van der Waals surface area (Å²) in [5.41, 5.74) is 0. The number of halogens is 4. The fourth-order valence-corrected chi connectivity index (χ4v) is 2.71. The van der Waals surface area contributed by atoms with Gasteiger partial charge in [0.15, 0.2) is 11.7 Å². The number of nitrogens with one attached hydrogen (secondary N) is 3. The second-order valence-corrected chi connectivity index (χ2v) is 6.67. The highest BCUT2D eigenvalue weighted by molar-refractivity contribution is 14.0. The number of carbonyl (C=O) groups excluding carboxylic acids is 1. The summed E-state index contributed by atoms with van der Waals surface area (Å²) in [5, 5.41) is 10.2. The smallest absolute Gasteiger partial charge is 0.222 e. The van der Waals surface area contributed by atoms with Crippen molar-refractivity contribution in [1.82, 2.24) is 16.0 Å². The van der Waals surface area contributed by atoms with Crippen LogP contribution in [0.4, 0.5) is 0 Å². The molecule has 26 heavy (non-hydrogen) atoms. The van der Waals surface area contributed by atoms with Crippen LogP contribution in [0.3, 0.4) is 0 Å². The highest BCUT2D eigenvalue weighted by Crippen LogP contribution is 2.35. The van der Waals surface area contributed by atoms with Gasteiger partial charge in [-0.1, -0.05) is 48.7 Å². The molecule has 0 aliphatic rings. The molecule has 3 N–H and O–H groups in total. The Morgan fingerprint density at radius 3 is 2.15 bits per heavy atom. The number of nitrogens with zero attached hydrogens (tertiary/aromatic N) is 1. The molecule has 0 aliphatic heterocycles. The van der Waals surface area contributed by atoms with Gasteiger partial charge >= 0.3 is 0 Å². The fourth-order valence-electron chi connectivity index (χ4n) is 1.78. The molecule has 148 valence electrons. The molecule has 0 bridgehead atoms. The highest BCUT2D eigenvalue weighted by atomic mass is 127. The third-order valence-electron chi connectivity index (χ3n) is 3.07. The number of guanidine groups is 1. The van der Waals surface area contributed by atoms with Gasteiger partial charge in [-0.2, -0.15) is 0 Å². The van der Waals surface area contributed by atoms with E-state index in [2.05, 4.69) is 20.9 Å². The Morgan fingerprint density at radius 1 is 1.08 bits per heavy atom. The SMILES string of the molecule is CN=C(NCCNC(=O)C(C)C)NCCOc1c(Cl)cc(Cl)cc1Cl.I. The zero-order valence-corrected chi connectivity index (χ0v) is 19.5. The van der Waals surface area contributed by atoms with Crippen molar-refractivity contribution in [3.8, 4) is 5.75 Å². The van der Waals surface area contributed by atoms with Crippen molar-refractivity contribution >= 4 is 70.6 Å². The lowest BCUT2D eigenvalue weighted by atomic mass is 10.2. The van der Waals surface area contributed by atoms with Crippen molar-refractivity contribution < 1.29 is 9.53 Å². The van der Waals surface area contributed by atoms with Crippen LogP contribution in [0.25, 0.3) is 0 Å². The molecular weight excluding hydrogens is 513 g/mol. The average Bonchev–Trinajstić information content (AvgIpc) is 2.54. The van der Waals surface area contributed by atoms with Crippen LogP contribution >= 0.6 is 58.8 Å².